The molecule has 0 unspecified atom stereocenters. The van der Waals surface area contributed by atoms with E-state index < -0.39 is 0 Å². The van der Waals surface area contributed by atoms with Gasteiger partial charge in [0.2, 0.25) is 11.1 Å². The average Bonchev–Trinajstić information content (AvgIpc) is 3.29. The van der Waals surface area contributed by atoms with Gasteiger partial charge < -0.3 is 5.73 Å². The summed E-state index contributed by atoms with van der Waals surface area (Å²) in [6, 6.07) is 11.7. The largest absolute Gasteiger partial charge is 0.368 e. The zero-order valence-corrected chi connectivity index (χ0v) is 15.5. The van der Waals surface area contributed by atoms with E-state index in [9.17, 15) is 10.1 Å². The molecule has 1 aromatic carbocycles. The fourth-order valence-electron chi connectivity index (χ4n) is 2.69. The number of hydrogen-bond donors (Lipinski definition) is 2. The number of benzene rings is 1. The van der Waals surface area contributed by atoms with Crippen LogP contribution in [-0.4, -0.2) is 24.7 Å². The lowest BCUT2D eigenvalue weighted by atomic mass is 10.1. The van der Waals surface area contributed by atoms with Crippen molar-refractivity contribution in [1.29, 1.82) is 5.26 Å². The molecule has 0 aliphatic carbocycles. The van der Waals surface area contributed by atoms with Gasteiger partial charge in [-0.2, -0.15) is 10.2 Å². The number of nitriles is 1. The summed E-state index contributed by atoms with van der Waals surface area (Å²) in [7, 11) is 0. The molecule has 0 saturated heterocycles. The monoisotopic (exact) mass is 395 g/mol. The number of nitrogens with zero attached hydrogens (tertiary/aromatic N) is 5. The van der Waals surface area contributed by atoms with Crippen LogP contribution in [0.1, 0.15) is 5.82 Å². The van der Waals surface area contributed by atoms with Crippen molar-refractivity contribution in [2.75, 3.05) is 5.73 Å². The Morgan fingerprint density at radius 1 is 1.30 bits per heavy atom. The zero-order valence-electron chi connectivity index (χ0n) is 13.9. The molecular formula is C17H13N7OS2. The Morgan fingerprint density at radius 2 is 2.11 bits per heavy atom. The summed E-state index contributed by atoms with van der Waals surface area (Å²) in [5.41, 5.74) is 7.09. The summed E-state index contributed by atoms with van der Waals surface area (Å²) in [4.78, 5) is 22.4. The summed E-state index contributed by atoms with van der Waals surface area (Å²) in [5, 5.41) is 18.6. The molecule has 10 heteroatoms. The van der Waals surface area contributed by atoms with Gasteiger partial charge in [-0.1, -0.05) is 42.1 Å². The minimum Gasteiger partial charge on any atom is -0.368 e. The summed E-state index contributed by atoms with van der Waals surface area (Å²) in [5.74, 6) is 1.08. The maximum atomic E-state index is 13.1. The van der Waals surface area contributed by atoms with Crippen molar-refractivity contribution in [3.63, 3.8) is 0 Å². The van der Waals surface area contributed by atoms with Crippen LogP contribution in [0.15, 0.2) is 45.7 Å². The summed E-state index contributed by atoms with van der Waals surface area (Å²) in [6.45, 7) is -0.0716. The fourth-order valence-corrected chi connectivity index (χ4v) is 4.40. The Labute approximate surface area is 161 Å². The number of nitrogen functional groups attached to an aromatic ring is 1. The molecule has 3 aromatic heterocycles. The number of fused-ring (bicyclic) bond motifs is 1. The quantitative estimate of drug-likeness (QED) is 0.497. The van der Waals surface area contributed by atoms with Crippen LogP contribution >= 0.6 is 23.1 Å². The lowest BCUT2D eigenvalue weighted by molar-refractivity contribution is 0.731. The molecule has 0 aliphatic heterocycles. The highest BCUT2D eigenvalue weighted by atomic mass is 32.2. The first kappa shape index (κ1) is 17.3. The van der Waals surface area contributed by atoms with Crippen LogP contribution in [0, 0.1) is 11.3 Å². The topological polar surface area (TPSA) is 126 Å². The van der Waals surface area contributed by atoms with Gasteiger partial charge in [-0.25, -0.2) is 10.1 Å². The third-order valence-corrected chi connectivity index (χ3v) is 5.61. The van der Waals surface area contributed by atoms with Gasteiger partial charge in [0.15, 0.2) is 0 Å². The zero-order chi connectivity index (χ0) is 18.8. The number of aromatic amines is 1. The van der Waals surface area contributed by atoms with E-state index in [2.05, 4.69) is 20.2 Å². The highest BCUT2D eigenvalue weighted by Crippen LogP contribution is 2.31. The smallest absolute Gasteiger partial charge is 0.263 e. The molecule has 0 aliphatic rings. The number of nitrogens with two attached hydrogens (primary N) is 1. The second-order valence-corrected chi connectivity index (χ2v) is 7.37. The number of rotatable bonds is 5. The Kier molecular flexibility index (Phi) is 4.62. The van der Waals surface area contributed by atoms with E-state index >= 15 is 0 Å². The summed E-state index contributed by atoms with van der Waals surface area (Å²) < 4.78 is 1.41. The number of hydrogen-bond acceptors (Lipinski definition) is 8. The standard InChI is InChI=1S/C17H13N7OS2/c18-6-7-24-12(9-27-17-21-16(19)22-23-17)20-14-13(15(24)25)11(8-26-14)10-4-2-1-3-5-10/h1-5,8H,7,9H2,(H3,19,21,22,23). The van der Waals surface area contributed by atoms with Crippen LogP contribution < -0.4 is 11.3 Å². The van der Waals surface area contributed by atoms with Crippen LogP contribution in [0.25, 0.3) is 21.3 Å². The van der Waals surface area contributed by atoms with Crippen molar-refractivity contribution in [3.05, 3.63) is 51.9 Å². The molecule has 0 saturated carbocycles. The van der Waals surface area contributed by atoms with Gasteiger partial charge in [0.05, 0.1) is 17.2 Å². The molecule has 0 amide bonds. The van der Waals surface area contributed by atoms with Gasteiger partial charge in [-0.05, 0) is 5.56 Å². The van der Waals surface area contributed by atoms with E-state index in [1.165, 1.54) is 27.7 Å². The SMILES string of the molecule is N#CCn1c(CSc2n[nH]c(N)n2)nc2scc(-c3ccccc3)c2c1=O. The minimum atomic E-state index is -0.216. The average molecular weight is 395 g/mol. The molecule has 0 radical (unpaired) electrons. The van der Waals surface area contributed by atoms with E-state index in [1.54, 1.807) is 0 Å². The Bertz CT molecular complexity index is 1200. The van der Waals surface area contributed by atoms with Crippen molar-refractivity contribution in [1.82, 2.24) is 24.7 Å². The predicted molar refractivity (Wildman–Crippen MR) is 105 cm³/mol. The van der Waals surface area contributed by atoms with Crippen LogP contribution in [-0.2, 0) is 12.3 Å². The Morgan fingerprint density at radius 3 is 2.81 bits per heavy atom. The van der Waals surface area contributed by atoms with E-state index in [0.717, 1.165) is 11.1 Å². The van der Waals surface area contributed by atoms with Gasteiger partial charge in [-0.15, -0.1) is 16.4 Å². The highest BCUT2D eigenvalue weighted by Gasteiger charge is 2.17. The number of thioether (sulfide) groups is 1. The maximum Gasteiger partial charge on any atom is 0.263 e. The highest BCUT2D eigenvalue weighted by molar-refractivity contribution is 7.98. The Hall–Kier alpha value is -3.16. The van der Waals surface area contributed by atoms with Crippen LogP contribution in [0.2, 0.25) is 0 Å². The first-order chi connectivity index (χ1) is 13.2. The number of nitrogens with one attached hydrogen (secondary N) is 1. The van der Waals surface area contributed by atoms with Crippen LogP contribution in [0.3, 0.4) is 0 Å². The third kappa shape index (κ3) is 3.30. The molecule has 0 fully saturated rings. The van der Waals surface area contributed by atoms with Gasteiger partial charge >= 0.3 is 0 Å². The normalized spacial score (nSPS) is 10.9. The van der Waals surface area contributed by atoms with Gasteiger partial charge in [0, 0.05) is 10.9 Å². The van der Waals surface area contributed by atoms with Crippen LogP contribution in [0.5, 0.6) is 0 Å². The predicted octanol–water partition coefficient (Wildman–Crippen LogP) is 2.64. The van der Waals surface area contributed by atoms with Gasteiger partial charge in [-0.3, -0.25) is 9.36 Å². The van der Waals surface area contributed by atoms with Gasteiger partial charge in [0.25, 0.3) is 5.56 Å². The number of aromatic nitrogens is 5. The first-order valence-electron chi connectivity index (χ1n) is 7.91. The van der Waals surface area contributed by atoms with Gasteiger partial charge in [0.1, 0.15) is 17.2 Å². The minimum absolute atomic E-state index is 0.0716. The van der Waals surface area contributed by atoms with Crippen LogP contribution in [0.4, 0.5) is 5.95 Å². The molecule has 3 N–H and O–H groups in total. The second-order valence-electron chi connectivity index (χ2n) is 5.56. The molecule has 0 spiro atoms. The molecule has 134 valence electrons. The molecule has 0 atom stereocenters. The van der Waals surface area contributed by atoms with E-state index in [4.69, 9.17) is 5.73 Å². The number of thiophene rings is 1. The van der Waals surface area contributed by atoms with Crippen molar-refractivity contribution >= 4 is 39.3 Å². The van der Waals surface area contributed by atoms with Crippen molar-refractivity contribution in [3.8, 4) is 17.2 Å². The molecular weight excluding hydrogens is 382 g/mol. The lowest BCUT2D eigenvalue weighted by Gasteiger charge is -2.09. The fraction of sp³-hybridized carbons (Fsp3) is 0.118. The summed E-state index contributed by atoms with van der Waals surface area (Å²) in [6.07, 6.45) is 0. The van der Waals surface area contributed by atoms with E-state index in [0.29, 0.717) is 27.0 Å². The van der Waals surface area contributed by atoms with Crippen molar-refractivity contribution < 1.29 is 0 Å². The molecule has 8 nitrogen and oxygen atoms in total. The van der Waals surface area contributed by atoms with E-state index in [1.807, 2.05) is 41.8 Å². The molecule has 4 aromatic rings. The van der Waals surface area contributed by atoms with Crippen molar-refractivity contribution in [2.45, 2.75) is 17.5 Å². The molecule has 3 heterocycles. The molecule has 27 heavy (non-hydrogen) atoms. The molecule has 4 rings (SSSR count). The van der Waals surface area contributed by atoms with Crippen molar-refractivity contribution in [2.24, 2.45) is 0 Å². The first-order valence-corrected chi connectivity index (χ1v) is 9.78. The Balaban J connectivity index is 1.80. The number of H-pyrrole nitrogens is 1. The summed E-state index contributed by atoms with van der Waals surface area (Å²) >= 11 is 2.71. The molecule has 0 bridgehead atoms. The third-order valence-electron chi connectivity index (χ3n) is 3.90. The van der Waals surface area contributed by atoms with E-state index in [-0.39, 0.29) is 18.1 Å². The number of anilines is 1. The lowest BCUT2D eigenvalue weighted by Crippen LogP contribution is -2.24. The maximum absolute atomic E-state index is 13.1. The second kappa shape index (κ2) is 7.22.